The summed E-state index contributed by atoms with van der Waals surface area (Å²) >= 11 is 0. The minimum absolute atomic E-state index is 0.0109. The van der Waals surface area contributed by atoms with Crippen LogP contribution in [0.15, 0.2) is 4.79 Å². The first-order valence-electron chi connectivity index (χ1n) is 7.23. The Kier molecular flexibility index (Phi) is 4.77. The molecule has 0 spiro atoms. The molecule has 2 rings (SSSR count). The number of likely N-dealkylation sites (N-methyl/N-ethyl adjacent to an activating group) is 2. The molecule has 0 radical (unpaired) electrons. The van der Waals surface area contributed by atoms with Gasteiger partial charge in [0.15, 0.2) is 0 Å². The molecule has 6 heteroatoms. The molecule has 6 nitrogen and oxygen atoms in total. The predicted molar refractivity (Wildman–Crippen MR) is 78.0 cm³/mol. The fourth-order valence-electron chi connectivity index (χ4n) is 2.70. The summed E-state index contributed by atoms with van der Waals surface area (Å²) in [6.07, 6.45) is 2.45. The Hall–Kier alpha value is -1.40. The molecule has 1 aromatic rings. The van der Waals surface area contributed by atoms with E-state index in [2.05, 4.69) is 26.8 Å². The number of aromatic nitrogens is 2. The lowest BCUT2D eigenvalue weighted by Gasteiger charge is -2.26. The van der Waals surface area contributed by atoms with Gasteiger partial charge >= 0.3 is 0 Å². The molecular formula is C14H24N4O2. The summed E-state index contributed by atoms with van der Waals surface area (Å²) in [5.41, 5.74) is 0.176. The van der Waals surface area contributed by atoms with Crippen LogP contribution in [0, 0.1) is 0 Å². The number of aromatic amines is 1. The second-order valence-electron chi connectivity index (χ2n) is 5.62. The van der Waals surface area contributed by atoms with E-state index in [1.165, 1.54) is 0 Å². The normalized spacial score (nSPS) is 21.9. The van der Waals surface area contributed by atoms with E-state index in [0.717, 1.165) is 32.5 Å². The van der Waals surface area contributed by atoms with Crippen molar-refractivity contribution in [3.63, 3.8) is 0 Å². The van der Waals surface area contributed by atoms with Crippen LogP contribution in [0.3, 0.4) is 0 Å². The van der Waals surface area contributed by atoms with Crippen molar-refractivity contribution in [3.05, 3.63) is 21.7 Å². The molecule has 1 fully saturated rings. The van der Waals surface area contributed by atoms with Crippen LogP contribution in [-0.4, -0.2) is 58.6 Å². The Morgan fingerprint density at radius 1 is 1.40 bits per heavy atom. The van der Waals surface area contributed by atoms with Crippen LogP contribution in [0.4, 0.5) is 0 Å². The molecule has 0 aromatic carbocycles. The lowest BCUT2D eigenvalue weighted by atomic mass is 10.1. The Balaban J connectivity index is 2.34. The van der Waals surface area contributed by atoms with Crippen molar-refractivity contribution < 1.29 is 5.11 Å². The topological polar surface area (TPSA) is 72.5 Å². The van der Waals surface area contributed by atoms with Crippen LogP contribution in [0.2, 0.25) is 0 Å². The number of H-pyrrole nitrogens is 1. The smallest absolute Gasteiger partial charge is 0.257 e. The number of hydrogen-bond acceptors (Lipinski definition) is 5. The quantitative estimate of drug-likeness (QED) is 0.854. The average Bonchev–Trinajstić information content (AvgIpc) is 2.55. The standard InChI is InChI=1S/C14H24N4O2/c1-4-6-10-13(19)15-12(16-14(10)20)11-9-17(2)7-5-8-18(11)3/h11H,4-9H2,1-3H3,(H2,15,16,19,20). The minimum atomic E-state index is -0.213. The van der Waals surface area contributed by atoms with Crippen molar-refractivity contribution >= 4 is 0 Å². The van der Waals surface area contributed by atoms with E-state index in [1.807, 2.05) is 14.0 Å². The minimum Gasteiger partial charge on any atom is -0.493 e. The zero-order valence-corrected chi connectivity index (χ0v) is 12.5. The molecular weight excluding hydrogens is 256 g/mol. The molecule has 0 aliphatic carbocycles. The third kappa shape index (κ3) is 3.19. The van der Waals surface area contributed by atoms with E-state index in [1.54, 1.807) is 0 Å². The van der Waals surface area contributed by atoms with Gasteiger partial charge in [-0.05, 0) is 40.0 Å². The summed E-state index contributed by atoms with van der Waals surface area (Å²) in [5.74, 6) is 0.439. The first-order valence-corrected chi connectivity index (χ1v) is 7.23. The Labute approximate surface area is 119 Å². The highest BCUT2D eigenvalue weighted by Crippen LogP contribution is 2.21. The predicted octanol–water partition coefficient (Wildman–Crippen LogP) is 0.736. The van der Waals surface area contributed by atoms with Gasteiger partial charge in [0.05, 0.1) is 11.6 Å². The van der Waals surface area contributed by atoms with E-state index in [0.29, 0.717) is 17.8 Å². The van der Waals surface area contributed by atoms with Gasteiger partial charge in [-0.15, -0.1) is 0 Å². The molecule has 1 aromatic heterocycles. The van der Waals surface area contributed by atoms with Gasteiger partial charge in [-0.2, -0.15) is 4.98 Å². The highest BCUT2D eigenvalue weighted by molar-refractivity contribution is 5.23. The summed E-state index contributed by atoms with van der Waals surface area (Å²) in [5, 5.41) is 9.99. The molecule has 1 unspecified atom stereocenters. The monoisotopic (exact) mass is 280 g/mol. The van der Waals surface area contributed by atoms with Gasteiger partial charge in [-0.3, -0.25) is 9.69 Å². The Morgan fingerprint density at radius 3 is 2.80 bits per heavy atom. The molecule has 1 aliphatic rings. The SMILES string of the molecule is CCCc1c(O)nc(C2CN(C)CCCN2C)[nH]c1=O. The lowest BCUT2D eigenvalue weighted by Crippen LogP contribution is -2.33. The van der Waals surface area contributed by atoms with E-state index >= 15 is 0 Å². The summed E-state index contributed by atoms with van der Waals surface area (Å²) < 4.78 is 0. The molecule has 2 heterocycles. The van der Waals surface area contributed by atoms with Crippen molar-refractivity contribution in [2.24, 2.45) is 0 Å². The van der Waals surface area contributed by atoms with Crippen molar-refractivity contribution in [2.45, 2.75) is 32.2 Å². The van der Waals surface area contributed by atoms with Gasteiger partial charge in [0.2, 0.25) is 5.88 Å². The first-order chi connectivity index (χ1) is 9.52. The third-order valence-electron chi connectivity index (χ3n) is 3.89. The lowest BCUT2D eigenvalue weighted by molar-refractivity contribution is 0.217. The fourth-order valence-corrected chi connectivity index (χ4v) is 2.70. The zero-order valence-electron chi connectivity index (χ0n) is 12.5. The number of aromatic hydroxyl groups is 1. The van der Waals surface area contributed by atoms with Crippen molar-refractivity contribution in [3.8, 4) is 5.88 Å². The van der Waals surface area contributed by atoms with E-state index < -0.39 is 0 Å². The molecule has 1 saturated heterocycles. The number of hydrogen-bond donors (Lipinski definition) is 2. The maximum Gasteiger partial charge on any atom is 0.257 e. The second kappa shape index (κ2) is 6.37. The van der Waals surface area contributed by atoms with E-state index in [-0.39, 0.29) is 17.5 Å². The summed E-state index contributed by atoms with van der Waals surface area (Å²) in [6.45, 7) is 4.76. The van der Waals surface area contributed by atoms with Crippen LogP contribution >= 0.6 is 0 Å². The van der Waals surface area contributed by atoms with Crippen molar-refractivity contribution in [1.82, 2.24) is 19.8 Å². The van der Waals surface area contributed by atoms with Crippen LogP contribution in [0.25, 0.3) is 0 Å². The molecule has 2 N–H and O–H groups in total. The van der Waals surface area contributed by atoms with Crippen LogP contribution in [0.5, 0.6) is 5.88 Å². The Bertz CT molecular complexity index is 514. The second-order valence-corrected chi connectivity index (χ2v) is 5.62. The summed E-state index contributed by atoms with van der Waals surface area (Å²) in [4.78, 5) is 23.6. The highest BCUT2D eigenvalue weighted by atomic mass is 16.3. The number of rotatable bonds is 3. The number of nitrogens with zero attached hydrogens (tertiary/aromatic N) is 3. The molecule has 0 amide bonds. The van der Waals surface area contributed by atoms with E-state index in [4.69, 9.17) is 0 Å². The van der Waals surface area contributed by atoms with Gasteiger partial charge < -0.3 is 15.0 Å². The van der Waals surface area contributed by atoms with Gasteiger partial charge in [-0.25, -0.2) is 0 Å². The number of nitrogens with one attached hydrogen (secondary N) is 1. The zero-order chi connectivity index (χ0) is 14.7. The first kappa shape index (κ1) is 15.0. The molecule has 112 valence electrons. The van der Waals surface area contributed by atoms with Gasteiger partial charge in [0.1, 0.15) is 5.82 Å². The molecule has 1 atom stereocenters. The maximum absolute atomic E-state index is 12.1. The van der Waals surface area contributed by atoms with Crippen LogP contribution in [-0.2, 0) is 6.42 Å². The highest BCUT2D eigenvalue weighted by Gasteiger charge is 2.25. The van der Waals surface area contributed by atoms with Gasteiger partial charge in [0.25, 0.3) is 5.56 Å². The van der Waals surface area contributed by atoms with Crippen molar-refractivity contribution in [1.29, 1.82) is 0 Å². The maximum atomic E-state index is 12.1. The summed E-state index contributed by atoms with van der Waals surface area (Å²) in [6, 6.07) is 0.0109. The molecule has 20 heavy (non-hydrogen) atoms. The largest absolute Gasteiger partial charge is 0.493 e. The molecule has 0 saturated carbocycles. The van der Waals surface area contributed by atoms with Gasteiger partial charge in [-0.1, -0.05) is 13.3 Å². The fraction of sp³-hybridized carbons (Fsp3) is 0.714. The third-order valence-corrected chi connectivity index (χ3v) is 3.89. The van der Waals surface area contributed by atoms with E-state index in [9.17, 15) is 9.90 Å². The average molecular weight is 280 g/mol. The Morgan fingerprint density at radius 2 is 2.15 bits per heavy atom. The van der Waals surface area contributed by atoms with Crippen LogP contribution in [0.1, 0.15) is 37.2 Å². The van der Waals surface area contributed by atoms with Gasteiger partial charge in [0, 0.05) is 6.54 Å². The summed E-state index contributed by atoms with van der Waals surface area (Å²) in [7, 11) is 4.09. The molecule has 0 bridgehead atoms. The van der Waals surface area contributed by atoms with Crippen molar-refractivity contribution in [2.75, 3.05) is 33.7 Å². The molecule has 1 aliphatic heterocycles. The van der Waals surface area contributed by atoms with Crippen LogP contribution < -0.4 is 5.56 Å².